The molecule has 12 heteroatoms. The molecule has 2 aromatic heterocycles. The molecule has 0 radical (unpaired) electrons. The highest BCUT2D eigenvalue weighted by molar-refractivity contribution is 7.89. The van der Waals surface area contributed by atoms with Crippen LogP contribution in [0.15, 0.2) is 35.2 Å². The lowest BCUT2D eigenvalue weighted by atomic mass is 10.0. The number of carbonyl (C=O) groups is 2. The predicted octanol–water partition coefficient (Wildman–Crippen LogP) is 5.22. The van der Waals surface area contributed by atoms with Crippen LogP contribution < -0.4 is 14.9 Å². The average Bonchev–Trinajstić information content (AvgIpc) is 3.65. The number of hydrogen-bond donors (Lipinski definition) is 2. The Hall–Kier alpha value is -3.35. The number of fused-ring (bicyclic) bond motifs is 1. The second kappa shape index (κ2) is 11.1. The SMILES string of the molecule is Cc1nc(Nc2cccc(N3CCCCC3=O)n2)sc1-c1cc2c(c(S(=O)(=O)NC(C)C)c1)C(=O)N([C@@H](C)C1CC1)C2. The fourth-order valence-corrected chi connectivity index (χ4v) is 8.31. The number of nitrogens with one attached hydrogen (secondary N) is 2. The molecule has 1 saturated carbocycles. The van der Waals surface area contributed by atoms with Gasteiger partial charge < -0.3 is 10.2 Å². The van der Waals surface area contributed by atoms with E-state index in [0.717, 1.165) is 41.8 Å². The second-order valence-electron chi connectivity index (χ2n) is 11.7. The maximum Gasteiger partial charge on any atom is 0.256 e. The molecule has 3 aromatic rings. The highest BCUT2D eigenvalue weighted by Gasteiger charge is 2.41. The van der Waals surface area contributed by atoms with Crippen molar-refractivity contribution >= 4 is 49.9 Å². The number of nitrogens with zero attached hydrogens (tertiary/aromatic N) is 4. The summed E-state index contributed by atoms with van der Waals surface area (Å²) in [4.78, 5) is 39.7. The van der Waals surface area contributed by atoms with Gasteiger partial charge in [0.1, 0.15) is 11.6 Å². The Balaban J connectivity index is 1.34. The quantitative estimate of drug-likeness (QED) is 0.342. The van der Waals surface area contributed by atoms with Gasteiger partial charge in [-0.3, -0.25) is 14.5 Å². The van der Waals surface area contributed by atoms with Gasteiger partial charge in [0.2, 0.25) is 15.9 Å². The summed E-state index contributed by atoms with van der Waals surface area (Å²) in [5, 5.41) is 3.87. The number of sulfonamides is 1. The first-order valence-corrected chi connectivity index (χ1v) is 16.8. The summed E-state index contributed by atoms with van der Waals surface area (Å²) in [5.74, 6) is 1.51. The third-order valence-corrected chi connectivity index (χ3v) is 10.9. The molecule has 6 rings (SSSR count). The van der Waals surface area contributed by atoms with Gasteiger partial charge in [0, 0.05) is 31.6 Å². The molecular weight excluding hydrogens is 573 g/mol. The summed E-state index contributed by atoms with van der Waals surface area (Å²) in [7, 11) is -3.95. The Bertz CT molecular complexity index is 1660. The van der Waals surface area contributed by atoms with E-state index in [-0.39, 0.29) is 34.4 Å². The predicted molar refractivity (Wildman–Crippen MR) is 164 cm³/mol. The molecule has 2 amide bonds. The summed E-state index contributed by atoms with van der Waals surface area (Å²) in [6.07, 6.45) is 4.57. The lowest BCUT2D eigenvalue weighted by Gasteiger charge is -2.25. The van der Waals surface area contributed by atoms with Gasteiger partial charge in [0.15, 0.2) is 5.13 Å². The van der Waals surface area contributed by atoms with Crippen molar-refractivity contribution in [1.29, 1.82) is 0 Å². The number of amides is 2. The molecule has 1 aliphatic carbocycles. The number of pyridine rings is 1. The van der Waals surface area contributed by atoms with Crippen molar-refractivity contribution in [3.63, 3.8) is 0 Å². The van der Waals surface area contributed by atoms with Gasteiger partial charge in [0.05, 0.1) is 21.0 Å². The van der Waals surface area contributed by atoms with E-state index in [1.54, 1.807) is 24.8 Å². The summed E-state index contributed by atoms with van der Waals surface area (Å²) in [5.41, 5.74) is 2.43. The van der Waals surface area contributed by atoms with Crippen LogP contribution in [0.4, 0.5) is 16.8 Å². The van der Waals surface area contributed by atoms with Crippen molar-refractivity contribution in [1.82, 2.24) is 19.6 Å². The van der Waals surface area contributed by atoms with E-state index in [1.165, 1.54) is 11.3 Å². The standard InChI is InChI=1S/C30H36N6O4S2/c1-17(2)34-42(39,40)23-15-21(14-22-16-36(29(38)27(22)23)19(4)20-11-12-20)28-18(3)31-30(41-28)33-24-8-7-9-25(32-24)35-13-6-5-10-26(35)37/h7-9,14-15,17,19-20,34H,5-6,10-13,16H2,1-4H3,(H,31,32,33)/t19-/m0/s1. The van der Waals surface area contributed by atoms with Gasteiger partial charge in [-0.1, -0.05) is 17.4 Å². The van der Waals surface area contributed by atoms with Gasteiger partial charge in [-0.15, -0.1) is 0 Å². The van der Waals surface area contributed by atoms with Crippen LogP contribution in [-0.4, -0.2) is 53.7 Å². The topological polar surface area (TPSA) is 125 Å². The minimum absolute atomic E-state index is 0.0158. The number of aromatic nitrogens is 2. The summed E-state index contributed by atoms with van der Waals surface area (Å²) in [6, 6.07) is 8.80. The van der Waals surface area contributed by atoms with Crippen molar-refractivity contribution in [2.75, 3.05) is 16.8 Å². The maximum atomic E-state index is 13.6. The first-order valence-electron chi connectivity index (χ1n) is 14.5. The van der Waals surface area contributed by atoms with Crippen molar-refractivity contribution in [3.8, 4) is 10.4 Å². The Morgan fingerprint density at radius 1 is 1.07 bits per heavy atom. The number of piperidine rings is 1. The van der Waals surface area contributed by atoms with Gasteiger partial charge >= 0.3 is 0 Å². The maximum absolute atomic E-state index is 13.6. The first-order chi connectivity index (χ1) is 20.0. The van der Waals surface area contributed by atoms with Gasteiger partial charge in [0.25, 0.3) is 5.91 Å². The first kappa shape index (κ1) is 28.8. The highest BCUT2D eigenvalue weighted by Crippen LogP contribution is 2.42. The number of carbonyl (C=O) groups excluding carboxylic acids is 2. The fourth-order valence-electron chi connectivity index (χ4n) is 5.84. The minimum Gasteiger partial charge on any atom is -0.331 e. The highest BCUT2D eigenvalue weighted by atomic mass is 32.2. The summed E-state index contributed by atoms with van der Waals surface area (Å²) >= 11 is 1.39. The largest absolute Gasteiger partial charge is 0.331 e. The molecule has 1 saturated heterocycles. The van der Waals surface area contributed by atoms with Crippen molar-refractivity contribution in [3.05, 3.63) is 47.2 Å². The third-order valence-electron chi connectivity index (χ3n) is 8.10. The van der Waals surface area contributed by atoms with E-state index in [9.17, 15) is 18.0 Å². The molecule has 2 aliphatic heterocycles. The zero-order valence-corrected chi connectivity index (χ0v) is 25.9. The molecule has 2 fully saturated rings. The number of hydrogen-bond acceptors (Lipinski definition) is 8. The van der Waals surface area contributed by atoms with Crippen LogP contribution in [-0.2, 0) is 21.4 Å². The Morgan fingerprint density at radius 3 is 2.57 bits per heavy atom. The zero-order chi connectivity index (χ0) is 29.8. The van der Waals surface area contributed by atoms with Gasteiger partial charge in [-0.05, 0) is 94.7 Å². The molecule has 10 nitrogen and oxygen atoms in total. The van der Waals surface area contributed by atoms with E-state index in [0.29, 0.717) is 47.8 Å². The number of thiazole rings is 1. The van der Waals surface area contributed by atoms with Crippen LogP contribution in [0.25, 0.3) is 10.4 Å². The van der Waals surface area contributed by atoms with E-state index in [2.05, 4.69) is 21.9 Å². The minimum atomic E-state index is -3.95. The number of benzene rings is 1. The number of anilines is 3. The summed E-state index contributed by atoms with van der Waals surface area (Å²) < 4.78 is 29.7. The van der Waals surface area contributed by atoms with Gasteiger partial charge in [-0.25, -0.2) is 23.1 Å². The van der Waals surface area contributed by atoms with E-state index in [4.69, 9.17) is 4.98 Å². The molecule has 0 unspecified atom stereocenters. The average molecular weight is 609 g/mol. The van der Waals surface area contributed by atoms with Crippen molar-refractivity contribution in [2.24, 2.45) is 5.92 Å². The van der Waals surface area contributed by atoms with Crippen LogP contribution in [0, 0.1) is 12.8 Å². The molecule has 3 aliphatic rings. The Kier molecular flexibility index (Phi) is 7.57. The lowest BCUT2D eigenvalue weighted by Crippen LogP contribution is -2.36. The molecule has 0 bridgehead atoms. The molecule has 2 N–H and O–H groups in total. The Morgan fingerprint density at radius 2 is 1.86 bits per heavy atom. The molecule has 222 valence electrons. The molecule has 1 aromatic carbocycles. The van der Waals surface area contributed by atoms with Crippen LogP contribution >= 0.6 is 11.3 Å². The van der Waals surface area contributed by atoms with E-state index >= 15 is 0 Å². The van der Waals surface area contributed by atoms with E-state index in [1.807, 2.05) is 36.1 Å². The molecule has 4 heterocycles. The zero-order valence-electron chi connectivity index (χ0n) is 24.3. The second-order valence-corrected chi connectivity index (χ2v) is 14.4. The van der Waals surface area contributed by atoms with Crippen molar-refractivity contribution < 1.29 is 18.0 Å². The number of aryl methyl sites for hydroxylation is 1. The molecule has 1 atom stereocenters. The van der Waals surface area contributed by atoms with Gasteiger partial charge in [-0.2, -0.15) is 0 Å². The molecule has 0 spiro atoms. The van der Waals surface area contributed by atoms with E-state index < -0.39 is 10.0 Å². The summed E-state index contributed by atoms with van der Waals surface area (Å²) in [6.45, 7) is 8.51. The monoisotopic (exact) mass is 608 g/mol. The van der Waals surface area contributed by atoms with Crippen LogP contribution in [0.3, 0.4) is 0 Å². The molecule has 42 heavy (non-hydrogen) atoms. The Labute approximate surface area is 250 Å². The van der Waals surface area contributed by atoms with Crippen LogP contribution in [0.5, 0.6) is 0 Å². The van der Waals surface area contributed by atoms with Crippen molar-refractivity contribution in [2.45, 2.75) is 83.3 Å². The normalized spacial score (nSPS) is 18.1. The lowest BCUT2D eigenvalue weighted by molar-refractivity contribution is -0.119. The number of rotatable bonds is 9. The smallest absolute Gasteiger partial charge is 0.256 e. The third kappa shape index (κ3) is 5.55. The van der Waals surface area contributed by atoms with Crippen LogP contribution in [0.2, 0.25) is 0 Å². The molecular formula is C30H36N6O4S2. The van der Waals surface area contributed by atoms with Crippen LogP contribution in [0.1, 0.15) is 74.5 Å². The fraction of sp³-hybridized carbons (Fsp3) is 0.467.